The number of esters is 1. The van der Waals surface area contributed by atoms with Gasteiger partial charge in [-0.1, -0.05) is 42.2 Å². The van der Waals surface area contributed by atoms with Crippen LogP contribution >= 0.6 is 0 Å². The largest absolute Gasteiger partial charge is 0.465 e. The Bertz CT molecular complexity index is 849. The maximum absolute atomic E-state index is 12.4. The molecule has 1 saturated heterocycles. The molecule has 2 aromatic rings. The number of amides is 1. The molecule has 5 nitrogen and oxygen atoms in total. The molecule has 0 spiro atoms. The van der Waals surface area contributed by atoms with Crippen LogP contribution in [0.2, 0.25) is 0 Å². The maximum Gasteiger partial charge on any atom is 0.411 e. The van der Waals surface area contributed by atoms with Crippen molar-refractivity contribution in [1.29, 1.82) is 0 Å². The molecule has 1 atom stereocenters. The van der Waals surface area contributed by atoms with Crippen molar-refractivity contribution in [2.75, 3.05) is 13.7 Å². The van der Waals surface area contributed by atoms with Gasteiger partial charge in [0.15, 0.2) is 0 Å². The predicted molar refractivity (Wildman–Crippen MR) is 101 cm³/mol. The highest BCUT2D eigenvalue weighted by atomic mass is 16.6. The molecule has 2 aromatic carbocycles. The van der Waals surface area contributed by atoms with E-state index in [9.17, 15) is 9.59 Å². The number of rotatable bonds is 3. The molecular formula is C22H21NO4. The Labute approximate surface area is 158 Å². The fraction of sp³-hybridized carbons (Fsp3) is 0.273. The van der Waals surface area contributed by atoms with Gasteiger partial charge in [0.1, 0.15) is 6.61 Å². The number of benzene rings is 2. The van der Waals surface area contributed by atoms with E-state index >= 15 is 0 Å². The van der Waals surface area contributed by atoms with Crippen LogP contribution in [0.1, 0.15) is 34.3 Å². The van der Waals surface area contributed by atoms with Crippen molar-refractivity contribution in [2.45, 2.75) is 25.5 Å². The Kier molecular flexibility index (Phi) is 6.11. The number of hydrogen-bond donors (Lipinski definition) is 0. The number of methoxy groups -OCH3 is 1. The van der Waals surface area contributed by atoms with E-state index in [1.54, 1.807) is 29.2 Å². The van der Waals surface area contributed by atoms with Gasteiger partial charge in [-0.2, -0.15) is 0 Å². The molecule has 0 bridgehead atoms. The van der Waals surface area contributed by atoms with Gasteiger partial charge in [0.25, 0.3) is 0 Å². The lowest BCUT2D eigenvalue weighted by Crippen LogP contribution is -2.35. The Morgan fingerprint density at radius 2 is 1.85 bits per heavy atom. The quantitative estimate of drug-likeness (QED) is 0.617. The molecule has 138 valence electrons. The highest BCUT2D eigenvalue weighted by molar-refractivity contribution is 5.89. The zero-order valence-corrected chi connectivity index (χ0v) is 15.2. The number of ether oxygens (including phenoxy) is 2. The standard InChI is InChI=1S/C22H21NO4/c1-26-21(24)19-12-9-17(10-13-19)11-14-20-8-5-15-23(20)22(25)27-16-18-6-3-2-4-7-18/h2-4,6-7,9-10,12-13,20H,5,8,15-16H2,1H3/t20-/m0/s1. The molecule has 3 rings (SSSR count). The number of nitrogens with zero attached hydrogens (tertiary/aromatic N) is 1. The van der Waals surface area contributed by atoms with Crippen molar-refractivity contribution in [3.05, 3.63) is 71.3 Å². The molecule has 0 aliphatic carbocycles. The Hall–Kier alpha value is -3.26. The van der Waals surface area contributed by atoms with Crippen molar-refractivity contribution in [1.82, 2.24) is 4.90 Å². The first-order valence-electron chi connectivity index (χ1n) is 8.84. The minimum atomic E-state index is -0.377. The van der Waals surface area contributed by atoms with Gasteiger partial charge in [0, 0.05) is 12.1 Å². The third kappa shape index (κ3) is 4.89. The van der Waals surface area contributed by atoms with Gasteiger partial charge >= 0.3 is 12.1 Å². The van der Waals surface area contributed by atoms with Gasteiger partial charge in [-0.3, -0.25) is 4.90 Å². The summed E-state index contributed by atoms with van der Waals surface area (Å²) in [7, 11) is 1.35. The lowest BCUT2D eigenvalue weighted by Gasteiger charge is -2.20. The molecule has 27 heavy (non-hydrogen) atoms. The molecule has 0 N–H and O–H groups in total. The van der Waals surface area contributed by atoms with Crippen molar-refractivity contribution in [2.24, 2.45) is 0 Å². The summed E-state index contributed by atoms with van der Waals surface area (Å²) in [5.41, 5.74) is 2.22. The molecule has 1 aliphatic heterocycles. The van der Waals surface area contributed by atoms with Crippen molar-refractivity contribution in [3.8, 4) is 11.8 Å². The van der Waals surface area contributed by atoms with Crippen LogP contribution in [-0.2, 0) is 16.1 Å². The van der Waals surface area contributed by atoms with Gasteiger partial charge in [-0.05, 0) is 42.7 Å². The molecule has 1 amide bonds. The summed E-state index contributed by atoms with van der Waals surface area (Å²) in [4.78, 5) is 25.5. The third-order valence-electron chi connectivity index (χ3n) is 4.38. The summed E-state index contributed by atoms with van der Waals surface area (Å²) < 4.78 is 10.1. The first-order valence-corrected chi connectivity index (χ1v) is 8.84. The second-order valence-corrected chi connectivity index (χ2v) is 6.23. The second kappa shape index (κ2) is 8.91. The molecule has 0 aromatic heterocycles. The number of hydrogen-bond acceptors (Lipinski definition) is 4. The van der Waals surface area contributed by atoms with Crippen molar-refractivity contribution < 1.29 is 19.1 Å². The molecule has 0 saturated carbocycles. The van der Waals surface area contributed by atoms with E-state index in [2.05, 4.69) is 16.6 Å². The van der Waals surface area contributed by atoms with Crippen LogP contribution in [0.5, 0.6) is 0 Å². The second-order valence-electron chi connectivity index (χ2n) is 6.23. The first kappa shape index (κ1) is 18.5. The fourth-order valence-electron chi connectivity index (χ4n) is 2.91. The monoisotopic (exact) mass is 363 g/mol. The van der Waals surface area contributed by atoms with E-state index in [0.29, 0.717) is 12.1 Å². The molecule has 0 radical (unpaired) electrons. The van der Waals surface area contributed by atoms with Crippen LogP contribution in [0, 0.1) is 11.8 Å². The molecular weight excluding hydrogens is 342 g/mol. The average Bonchev–Trinajstić information content (AvgIpc) is 3.20. The van der Waals surface area contributed by atoms with Crippen molar-refractivity contribution >= 4 is 12.1 Å². The Morgan fingerprint density at radius 3 is 2.56 bits per heavy atom. The van der Waals surface area contributed by atoms with Gasteiger partial charge in [0.05, 0.1) is 18.7 Å². The molecule has 1 aliphatic rings. The van der Waals surface area contributed by atoms with Gasteiger partial charge in [-0.15, -0.1) is 0 Å². The van der Waals surface area contributed by atoms with Crippen LogP contribution in [-0.4, -0.2) is 36.7 Å². The number of likely N-dealkylation sites (tertiary alicyclic amines) is 1. The normalized spacial score (nSPS) is 15.6. The molecule has 0 unspecified atom stereocenters. The minimum absolute atomic E-state index is 0.159. The average molecular weight is 363 g/mol. The van der Waals surface area contributed by atoms with E-state index in [4.69, 9.17) is 4.74 Å². The molecule has 1 heterocycles. The SMILES string of the molecule is COC(=O)c1ccc(C#C[C@@H]2CCCN2C(=O)OCc2ccccc2)cc1. The first-order chi connectivity index (χ1) is 13.2. The van der Waals surface area contributed by atoms with E-state index in [1.807, 2.05) is 30.3 Å². The van der Waals surface area contributed by atoms with Gasteiger partial charge in [0.2, 0.25) is 0 Å². The van der Waals surface area contributed by atoms with E-state index < -0.39 is 0 Å². The lowest BCUT2D eigenvalue weighted by atomic mass is 10.1. The van der Waals surface area contributed by atoms with E-state index in [-0.39, 0.29) is 24.7 Å². The summed E-state index contributed by atoms with van der Waals surface area (Å²) in [5, 5.41) is 0. The fourth-order valence-corrected chi connectivity index (χ4v) is 2.91. The highest BCUT2D eigenvalue weighted by Crippen LogP contribution is 2.18. The zero-order valence-electron chi connectivity index (χ0n) is 15.2. The van der Waals surface area contributed by atoms with Gasteiger partial charge < -0.3 is 9.47 Å². The smallest absolute Gasteiger partial charge is 0.411 e. The number of carbonyl (C=O) groups excluding carboxylic acids is 2. The summed E-state index contributed by atoms with van der Waals surface area (Å²) in [5.74, 6) is 5.85. The zero-order chi connectivity index (χ0) is 19.1. The molecule has 1 fully saturated rings. The Balaban J connectivity index is 1.60. The predicted octanol–water partition coefficient (Wildman–Crippen LogP) is 3.63. The van der Waals surface area contributed by atoms with Crippen LogP contribution < -0.4 is 0 Å². The van der Waals surface area contributed by atoms with Crippen LogP contribution in [0.15, 0.2) is 54.6 Å². The summed E-state index contributed by atoms with van der Waals surface area (Å²) in [6.45, 7) is 0.902. The number of carbonyl (C=O) groups is 2. The highest BCUT2D eigenvalue weighted by Gasteiger charge is 2.28. The molecule has 5 heteroatoms. The minimum Gasteiger partial charge on any atom is -0.465 e. The van der Waals surface area contributed by atoms with Crippen LogP contribution in [0.3, 0.4) is 0 Å². The summed E-state index contributed by atoms with van der Waals surface area (Å²) >= 11 is 0. The third-order valence-corrected chi connectivity index (χ3v) is 4.38. The van der Waals surface area contributed by atoms with Crippen LogP contribution in [0.25, 0.3) is 0 Å². The Morgan fingerprint density at radius 1 is 1.11 bits per heavy atom. The summed E-state index contributed by atoms with van der Waals surface area (Å²) in [6, 6.07) is 16.3. The van der Waals surface area contributed by atoms with E-state index in [1.165, 1.54) is 7.11 Å². The van der Waals surface area contributed by atoms with E-state index in [0.717, 1.165) is 24.0 Å². The topological polar surface area (TPSA) is 55.8 Å². The van der Waals surface area contributed by atoms with Crippen LogP contribution in [0.4, 0.5) is 4.79 Å². The van der Waals surface area contributed by atoms with Crippen molar-refractivity contribution in [3.63, 3.8) is 0 Å². The lowest BCUT2D eigenvalue weighted by molar-refractivity contribution is 0.0600. The maximum atomic E-state index is 12.4. The van der Waals surface area contributed by atoms with Gasteiger partial charge in [-0.25, -0.2) is 9.59 Å². The summed E-state index contributed by atoms with van der Waals surface area (Å²) in [6.07, 6.45) is 1.39.